The van der Waals surface area contributed by atoms with Crippen molar-refractivity contribution in [1.29, 1.82) is 0 Å². The van der Waals surface area contributed by atoms with Gasteiger partial charge in [-0.15, -0.1) is 0 Å². The third-order valence-corrected chi connectivity index (χ3v) is 4.30. The van der Waals surface area contributed by atoms with E-state index in [9.17, 15) is 4.79 Å². The number of aliphatic carboxylic acids is 2. The van der Waals surface area contributed by atoms with E-state index in [2.05, 4.69) is 34.9 Å². The van der Waals surface area contributed by atoms with Gasteiger partial charge in [-0.25, -0.2) is 9.59 Å². The number of hydrogen-bond donors (Lipinski definition) is 4. The zero-order valence-corrected chi connectivity index (χ0v) is 16.9. The van der Waals surface area contributed by atoms with E-state index in [1.165, 1.54) is 0 Å². The molecule has 3 aromatic rings. The van der Waals surface area contributed by atoms with Gasteiger partial charge in [0.25, 0.3) is 0 Å². The molecule has 0 spiro atoms. The van der Waals surface area contributed by atoms with Gasteiger partial charge in [-0.3, -0.25) is 10.1 Å². The van der Waals surface area contributed by atoms with Gasteiger partial charge in [0.2, 0.25) is 5.91 Å². The number of rotatable bonds is 6. The van der Waals surface area contributed by atoms with Crippen LogP contribution in [0, 0.1) is 0 Å². The Morgan fingerprint density at radius 3 is 1.45 bits per heavy atom. The SMILES string of the molecule is CC(NC(c1ccccc1)c1ccccc1)C(=O)Nc1ccccc1.O=C(O)C(=O)O. The highest BCUT2D eigenvalue weighted by Crippen LogP contribution is 2.22. The monoisotopic (exact) mass is 420 g/mol. The Balaban J connectivity index is 0.000000501. The molecule has 4 N–H and O–H groups in total. The highest BCUT2D eigenvalue weighted by molar-refractivity contribution is 6.27. The molecule has 3 aromatic carbocycles. The van der Waals surface area contributed by atoms with Crippen molar-refractivity contribution in [2.75, 3.05) is 5.32 Å². The van der Waals surface area contributed by atoms with Crippen molar-refractivity contribution in [3.63, 3.8) is 0 Å². The summed E-state index contributed by atoms with van der Waals surface area (Å²) in [7, 11) is 0. The Bertz CT molecular complexity index is 927. The van der Waals surface area contributed by atoms with Crippen LogP contribution in [0.2, 0.25) is 0 Å². The summed E-state index contributed by atoms with van der Waals surface area (Å²) in [6, 6.07) is 29.5. The Labute approximate surface area is 180 Å². The quantitative estimate of drug-likeness (QED) is 0.453. The molecule has 0 saturated heterocycles. The van der Waals surface area contributed by atoms with E-state index < -0.39 is 11.9 Å². The van der Waals surface area contributed by atoms with E-state index in [0.717, 1.165) is 16.8 Å². The summed E-state index contributed by atoms with van der Waals surface area (Å²) in [6.45, 7) is 1.89. The van der Waals surface area contributed by atoms with E-state index in [0.29, 0.717) is 0 Å². The standard InChI is InChI=1S/C22H22N2O.C2H2O4/c1-17(22(25)24-20-15-9-4-10-16-20)23-21(18-11-5-2-6-12-18)19-13-7-3-8-14-19;3-1(4)2(5)6/h2-17,21,23H,1H3,(H,24,25);(H,3,4)(H,5,6). The molecule has 0 radical (unpaired) electrons. The maximum Gasteiger partial charge on any atom is 0.414 e. The minimum absolute atomic E-state index is 0.0427. The third kappa shape index (κ3) is 7.75. The van der Waals surface area contributed by atoms with E-state index >= 15 is 0 Å². The van der Waals surface area contributed by atoms with Crippen LogP contribution in [-0.4, -0.2) is 34.1 Å². The van der Waals surface area contributed by atoms with Crippen LogP contribution in [0.4, 0.5) is 5.69 Å². The number of anilines is 1. The van der Waals surface area contributed by atoms with Crippen molar-refractivity contribution in [2.24, 2.45) is 0 Å². The lowest BCUT2D eigenvalue weighted by atomic mass is 9.98. The highest BCUT2D eigenvalue weighted by atomic mass is 16.4. The van der Waals surface area contributed by atoms with Crippen LogP contribution in [0.3, 0.4) is 0 Å². The molecule has 7 nitrogen and oxygen atoms in total. The minimum Gasteiger partial charge on any atom is -0.473 e. The summed E-state index contributed by atoms with van der Waals surface area (Å²) < 4.78 is 0. The van der Waals surface area contributed by atoms with Crippen molar-refractivity contribution >= 4 is 23.5 Å². The largest absolute Gasteiger partial charge is 0.473 e. The second kappa shape index (κ2) is 11.9. The first kappa shape index (κ1) is 23.3. The van der Waals surface area contributed by atoms with Crippen LogP contribution >= 0.6 is 0 Å². The number of amides is 1. The molecular formula is C24H24N2O5. The Hall–Kier alpha value is -3.97. The number of carbonyl (C=O) groups excluding carboxylic acids is 1. The number of carboxylic acids is 2. The van der Waals surface area contributed by atoms with Crippen LogP contribution in [0.25, 0.3) is 0 Å². The van der Waals surface area contributed by atoms with Gasteiger partial charge in [0.15, 0.2) is 0 Å². The van der Waals surface area contributed by atoms with Gasteiger partial charge in [0.1, 0.15) is 0 Å². The fourth-order valence-corrected chi connectivity index (χ4v) is 2.77. The van der Waals surface area contributed by atoms with E-state index in [4.69, 9.17) is 19.8 Å². The van der Waals surface area contributed by atoms with Crippen LogP contribution in [-0.2, 0) is 14.4 Å². The third-order valence-electron chi connectivity index (χ3n) is 4.30. The number of hydrogen-bond acceptors (Lipinski definition) is 4. The second-order valence-corrected chi connectivity index (χ2v) is 6.61. The Morgan fingerprint density at radius 2 is 1.06 bits per heavy atom. The number of nitrogens with one attached hydrogen (secondary N) is 2. The van der Waals surface area contributed by atoms with E-state index in [1.807, 2.05) is 73.7 Å². The van der Waals surface area contributed by atoms with Gasteiger partial charge in [0, 0.05) is 5.69 Å². The van der Waals surface area contributed by atoms with E-state index in [-0.39, 0.29) is 18.0 Å². The lowest BCUT2D eigenvalue weighted by Crippen LogP contribution is -2.40. The van der Waals surface area contributed by atoms with Crippen molar-refractivity contribution in [3.8, 4) is 0 Å². The lowest BCUT2D eigenvalue weighted by Gasteiger charge is -2.24. The summed E-state index contributed by atoms with van der Waals surface area (Å²) in [5.41, 5.74) is 3.07. The minimum atomic E-state index is -1.82. The first-order valence-corrected chi connectivity index (χ1v) is 9.56. The van der Waals surface area contributed by atoms with Gasteiger partial charge < -0.3 is 15.5 Å². The number of benzene rings is 3. The molecule has 1 atom stereocenters. The molecule has 7 heteroatoms. The highest BCUT2D eigenvalue weighted by Gasteiger charge is 2.20. The number of para-hydroxylation sites is 1. The lowest BCUT2D eigenvalue weighted by molar-refractivity contribution is -0.159. The fraction of sp³-hybridized carbons (Fsp3) is 0.125. The average molecular weight is 420 g/mol. The van der Waals surface area contributed by atoms with E-state index in [1.54, 1.807) is 0 Å². The van der Waals surface area contributed by atoms with Crippen LogP contribution < -0.4 is 10.6 Å². The van der Waals surface area contributed by atoms with Gasteiger partial charge in [0.05, 0.1) is 12.1 Å². The van der Waals surface area contributed by atoms with Gasteiger partial charge >= 0.3 is 11.9 Å². The molecule has 0 heterocycles. The molecule has 1 unspecified atom stereocenters. The van der Waals surface area contributed by atoms with Crippen molar-refractivity contribution in [3.05, 3.63) is 102 Å². The van der Waals surface area contributed by atoms with Crippen molar-refractivity contribution in [1.82, 2.24) is 5.32 Å². The molecule has 0 aliphatic carbocycles. The van der Waals surface area contributed by atoms with Gasteiger partial charge in [-0.05, 0) is 30.2 Å². The first-order chi connectivity index (χ1) is 14.9. The molecular weight excluding hydrogens is 396 g/mol. The predicted molar refractivity (Wildman–Crippen MR) is 118 cm³/mol. The Morgan fingerprint density at radius 1 is 0.677 bits per heavy atom. The van der Waals surface area contributed by atoms with Crippen LogP contribution in [0.15, 0.2) is 91.0 Å². The fourth-order valence-electron chi connectivity index (χ4n) is 2.77. The zero-order valence-electron chi connectivity index (χ0n) is 16.9. The average Bonchev–Trinajstić information content (AvgIpc) is 2.79. The molecule has 0 saturated carbocycles. The summed E-state index contributed by atoms with van der Waals surface area (Å²) in [5.74, 6) is -3.70. The smallest absolute Gasteiger partial charge is 0.414 e. The van der Waals surface area contributed by atoms with Crippen molar-refractivity contribution in [2.45, 2.75) is 19.0 Å². The second-order valence-electron chi connectivity index (χ2n) is 6.61. The summed E-state index contributed by atoms with van der Waals surface area (Å²) in [5, 5.41) is 21.2. The normalized spacial score (nSPS) is 11.0. The molecule has 1 amide bonds. The molecule has 0 fully saturated rings. The molecule has 3 rings (SSSR count). The van der Waals surface area contributed by atoms with Gasteiger partial charge in [-0.2, -0.15) is 0 Å². The van der Waals surface area contributed by atoms with Gasteiger partial charge in [-0.1, -0.05) is 78.9 Å². The molecule has 0 aliphatic heterocycles. The zero-order chi connectivity index (χ0) is 22.6. The van der Waals surface area contributed by atoms with Crippen LogP contribution in [0.5, 0.6) is 0 Å². The number of carbonyl (C=O) groups is 3. The molecule has 160 valence electrons. The molecule has 0 aliphatic rings. The Kier molecular flexibility index (Phi) is 8.94. The molecule has 0 bridgehead atoms. The maximum atomic E-state index is 12.5. The number of carboxylic acid groups (broad SMARTS) is 2. The maximum absolute atomic E-state index is 12.5. The summed E-state index contributed by atoms with van der Waals surface area (Å²) >= 11 is 0. The van der Waals surface area contributed by atoms with Crippen molar-refractivity contribution < 1.29 is 24.6 Å². The summed E-state index contributed by atoms with van der Waals surface area (Å²) in [6.07, 6.45) is 0. The predicted octanol–water partition coefficient (Wildman–Crippen LogP) is 3.55. The molecule has 0 aromatic heterocycles. The first-order valence-electron chi connectivity index (χ1n) is 9.56. The topological polar surface area (TPSA) is 116 Å². The molecule has 31 heavy (non-hydrogen) atoms. The summed E-state index contributed by atoms with van der Waals surface area (Å²) in [4.78, 5) is 30.7. The van der Waals surface area contributed by atoms with Crippen LogP contribution in [0.1, 0.15) is 24.1 Å².